The van der Waals surface area contributed by atoms with Crippen LogP contribution in [0.25, 0.3) is 0 Å². The van der Waals surface area contributed by atoms with Crippen LogP contribution in [-0.2, 0) is 11.3 Å². The van der Waals surface area contributed by atoms with E-state index in [4.69, 9.17) is 5.11 Å². The predicted molar refractivity (Wildman–Crippen MR) is 78.6 cm³/mol. The van der Waals surface area contributed by atoms with Gasteiger partial charge in [0.1, 0.15) is 6.04 Å². The van der Waals surface area contributed by atoms with E-state index in [0.717, 1.165) is 5.56 Å². The highest BCUT2D eigenvalue weighted by Gasteiger charge is 2.21. The number of benzene rings is 2. The van der Waals surface area contributed by atoms with Crippen LogP contribution in [0.3, 0.4) is 0 Å². The van der Waals surface area contributed by atoms with Crippen LogP contribution in [0.1, 0.15) is 17.2 Å². The molecule has 0 saturated heterocycles. The first-order chi connectivity index (χ1) is 10.2. The monoisotopic (exact) mass is 284 g/mol. The van der Waals surface area contributed by atoms with Gasteiger partial charge < -0.3 is 15.7 Å². The highest BCUT2D eigenvalue weighted by molar-refractivity contribution is 5.86. The Morgan fingerprint density at radius 3 is 2.10 bits per heavy atom. The van der Waals surface area contributed by atoms with Gasteiger partial charge in [0.15, 0.2) is 0 Å². The molecule has 0 unspecified atom stereocenters. The molecule has 2 amide bonds. The third-order valence-electron chi connectivity index (χ3n) is 2.97. The molecular weight excluding hydrogens is 268 g/mol. The molecule has 0 aliphatic rings. The maximum Gasteiger partial charge on any atom is 0.405 e. The Balaban J connectivity index is 2.06. The average molecular weight is 284 g/mol. The molecule has 0 radical (unpaired) electrons. The fourth-order valence-corrected chi connectivity index (χ4v) is 1.96. The summed E-state index contributed by atoms with van der Waals surface area (Å²) >= 11 is 0. The molecule has 0 aliphatic carbocycles. The third-order valence-corrected chi connectivity index (χ3v) is 2.97. The van der Waals surface area contributed by atoms with Crippen molar-refractivity contribution in [2.45, 2.75) is 12.6 Å². The molecule has 2 aromatic rings. The molecule has 0 spiro atoms. The lowest BCUT2D eigenvalue weighted by Crippen LogP contribution is -2.39. The molecule has 0 saturated carbocycles. The molecule has 0 fully saturated rings. The first-order valence-corrected chi connectivity index (χ1v) is 6.53. The summed E-state index contributed by atoms with van der Waals surface area (Å²) in [6.07, 6.45) is -1.24. The second kappa shape index (κ2) is 7.09. The van der Waals surface area contributed by atoms with Crippen LogP contribution in [0.5, 0.6) is 0 Å². The largest absolute Gasteiger partial charge is 0.465 e. The van der Waals surface area contributed by atoms with E-state index in [0.29, 0.717) is 12.1 Å². The number of hydrogen-bond acceptors (Lipinski definition) is 2. The van der Waals surface area contributed by atoms with Gasteiger partial charge in [-0.1, -0.05) is 60.7 Å². The molecule has 21 heavy (non-hydrogen) atoms. The van der Waals surface area contributed by atoms with Crippen LogP contribution in [0.4, 0.5) is 4.79 Å². The first-order valence-electron chi connectivity index (χ1n) is 6.53. The minimum absolute atomic E-state index is 0.351. The lowest BCUT2D eigenvalue weighted by atomic mass is 10.1. The summed E-state index contributed by atoms with van der Waals surface area (Å²) < 4.78 is 0. The van der Waals surface area contributed by atoms with Crippen molar-refractivity contribution in [3.05, 3.63) is 71.8 Å². The zero-order valence-corrected chi connectivity index (χ0v) is 11.3. The van der Waals surface area contributed by atoms with Crippen LogP contribution in [0.15, 0.2) is 60.7 Å². The quantitative estimate of drug-likeness (QED) is 0.788. The van der Waals surface area contributed by atoms with Gasteiger partial charge in [-0.2, -0.15) is 0 Å². The van der Waals surface area contributed by atoms with Crippen molar-refractivity contribution >= 4 is 12.0 Å². The van der Waals surface area contributed by atoms with Gasteiger partial charge in [-0.15, -0.1) is 0 Å². The van der Waals surface area contributed by atoms with E-state index in [1.54, 1.807) is 24.3 Å². The molecular formula is C16H16N2O3. The molecule has 2 aromatic carbocycles. The summed E-state index contributed by atoms with van der Waals surface area (Å²) in [6, 6.07) is 17.3. The van der Waals surface area contributed by atoms with E-state index in [1.165, 1.54) is 0 Å². The van der Waals surface area contributed by atoms with Gasteiger partial charge >= 0.3 is 6.09 Å². The second-order valence-corrected chi connectivity index (χ2v) is 4.50. The summed E-state index contributed by atoms with van der Waals surface area (Å²) in [5.74, 6) is -0.382. The van der Waals surface area contributed by atoms with Gasteiger partial charge in [0.05, 0.1) is 0 Å². The Hall–Kier alpha value is -2.82. The van der Waals surface area contributed by atoms with Crippen LogP contribution in [0.2, 0.25) is 0 Å². The molecule has 0 aromatic heterocycles. The summed E-state index contributed by atoms with van der Waals surface area (Å²) in [5, 5.41) is 13.9. The Kier molecular flexibility index (Phi) is 4.93. The van der Waals surface area contributed by atoms with Crippen molar-refractivity contribution in [2.75, 3.05) is 0 Å². The van der Waals surface area contributed by atoms with Gasteiger partial charge in [-0.3, -0.25) is 4.79 Å². The smallest absolute Gasteiger partial charge is 0.405 e. The number of carbonyl (C=O) groups excluding carboxylic acids is 1. The zero-order chi connectivity index (χ0) is 15.1. The maximum atomic E-state index is 12.2. The van der Waals surface area contributed by atoms with Crippen molar-refractivity contribution in [3.8, 4) is 0 Å². The van der Waals surface area contributed by atoms with E-state index in [9.17, 15) is 9.59 Å². The van der Waals surface area contributed by atoms with E-state index in [2.05, 4.69) is 10.6 Å². The second-order valence-electron chi connectivity index (χ2n) is 4.50. The molecule has 0 heterocycles. The predicted octanol–water partition coefficient (Wildman–Crippen LogP) is 2.31. The molecule has 2 rings (SSSR count). The topological polar surface area (TPSA) is 78.4 Å². The van der Waals surface area contributed by atoms with Crippen LogP contribution < -0.4 is 10.6 Å². The van der Waals surface area contributed by atoms with E-state index in [1.807, 2.05) is 36.4 Å². The van der Waals surface area contributed by atoms with Crippen molar-refractivity contribution in [1.29, 1.82) is 0 Å². The number of amides is 2. The summed E-state index contributed by atoms with van der Waals surface area (Å²) in [4.78, 5) is 23.1. The maximum absolute atomic E-state index is 12.2. The van der Waals surface area contributed by atoms with Gasteiger partial charge in [0, 0.05) is 6.54 Å². The first kappa shape index (κ1) is 14.6. The SMILES string of the molecule is O=C(O)N[C@H](C(=O)NCc1ccccc1)c1ccccc1. The minimum atomic E-state index is -1.24. The van der Waals surface area contributed by atoms with Gasteiger partial charge in [-0.25, -0.2) is 4.79 Å². The molecule has 0 aliphatic heterocycles. The minimum Gasteiger partial charge on any atom is -0.465 e. The number of carbonyl (C=O) groups is 2. The normalized spacial score (nSPS) is 11.4. The fourth-order valence-electron chi connectivity index (χ4n) is 1.96. The molecule has 5 heteroatoms. The number of hydrogen-bond donors (Lipinski definition) is 3. The summed E-state index contributed by atoms with van der Waals surface area (Å²) in [5.41, 5.74) is 1.55. The van der Waals surface area contributed by atoms with Crippen LogP contribution in [0, 0.1) is 0 Å². The Morgan fingerprint density at radius 1 is 0.952 bits per heavy atom. The van der Waals surface area contributed by atoms with Gasteiger partial charge in [-0.05, 0) is 11.1 Å². The van der Waals surface area contributed by atoms with Crippen molar-refractivity contribution < 1.29 is 14.7 Å². The fraction of sp³-hybridized carbons (Fsp3) is 0.125. The Morgan fingerprint density at radius 2 is 1.52 bits per heavy atom. The average Bonchev–Trinajstić information content (AvgIpc) is 2.52. The highest BCUT2D eigenvalue weighted by atomic mass is 16.4. The van der Waals surface area contributed by atoms with Gasteiger partial charge in [0.25, 0.3) is 0 Å². The van der Waals surface area contributed by atoms with Crippen molar-refractivity contribution in [1.82, 2.24) is 10.6 Å². The molecule has 3 N–H and O–H groups in total. The molecule has 5 nitrogen and oxygen atoms in total. The van der Waals surface area contributed by atoms with E-state index >= 15 is 0 Å². The van der Waals surface area contributed by atoms with Crippen LogP contribution >= 0.6 is 0 Å². The van der Waals surface area contributed by atoms with Crippen molar-refractivity contribution in [3.63, 3.8) is 0 Å². The lowest BCUT2D eigenvalue weighted by molar-refractivity contribution is -0.123. The molecule has 1 atom stereocenters. The molecule has 0 bridgehead atoms. The third kappa shape index (κ3) is 4.35. The number of nitrogens with one attached hydrogen (secondary N) is 2. The Bertz CT molecular complexity index is 599. The standard InChI is InChI=1S/C16H16N2O3/c19-15(17-11-12-7-3-1-4-8-12)14(18-16(20)21)13-9-5-2-6-10-13/h1-10,14,18H,11H2,(H,17,19)(H,20,21)/t14-/m0/s1. The van der Waals surface area contributed by atoms with E-state index in [-0.39, 0.29) is 5.91 Å². The Labute approximate surface area is 122 Å². The molecule has 108 valence electrons. The number of carboxylic acid groups (broad SMARTS) is 1. The summed E-state index contributed by atoms with van der Waals surface area (Å²) in [6.45, 7) is 0.351. The lowest BCUT2D eigenvalue weighted by Gasteiger charge is -2.17. The van der Waals surface area contributed by atoms with Crippen molar-refractivity contribution in [2.24, 2.45) is 0 Å². The zero-order valence-electron chi connectivity index (χ0n) is 11.3. The summed E-state index contributed by atoms with van der Waals surface area (Å²) in [7, 11) is 0. The number of rotatable bonds is 5. The van der Waals surface area contributed by atoms with Crippen LogP contribution in [-0.4, -0.2) is 17.1 Å². The van der Waals surface area contributed by atoms with E-state index < -0.39 is 12.1 Å². The highest BCUT2D eigenvalue weighted by Crippen LogP contribution is 2.13. The van der Waals surface area contributed by atoms with Gasteiger partial charge in [0.2, 0.25) is 5.91 Å².